The number of alkyl halides is 3. The Morgan fingerprint density at radius 2 is 1.77 bits per heavy atom. The van der Waals surface area contributed by atoms with Crippen LogP contribution in [0.2, 0.25) is 10.0 Å². The van der Waals surface area contributed by atoms with E-state index in [-0.39, 0.29) is 10.9 Å². The fraction of sp³-hybridized carbons (Fsp3) is 0.167. The molecule has 1 N–H and O–H groups in total. The van der Waals surface area contributed by atoms with Crippen LogP contribution in [0.15, 0.2) is 51.9 Å². The molecule has 6 nitrogen and oxygen atoms in total. The second kappa shape index (κ2) is 9.10. The van der Waals surface area contributed by atoms with Crippen LogP contribution in [-0.2, 0) is 4.79 Å². The zero-order valence-corrected chi connectivity index (χ0v) is 20.4. The average Bonchev–Trinajstić information content (AvgIpc) is 2.87. The van der Waals surface area contributed by atoms with Gasteiger partial charge in [-0.05, 0) is 46.3 Å². The van der Waals surface area contributed by atoms with E-state index in [9.17, 15) is 9.59 Å². The van der Waals surface area contributed by atoms with Crippen LogP contribution in [-0.4, -0.2) is 39.7 Å². The van der Waals surface area contributed by atoms with E-state index < -0.39 is 21.9 Å². The normalized spacial score (nSPS) is 17.1. The van der Waals surface area contributed by atoms with Gasteiger partial charge in [0.25, 0.3) is 5.91 Å². The van der Waals surface area contributed by atoms with Crippen LogP contribution in [0.3, 0.4) is 0 Å². The first kappa shape index (κ1) is 23.4. The summed E-state index contributed by atoms with van der Waals surface area (Å²) in [4.78, 5) is 31.8. The molecule has 30 heavy (non-hydrogen) atoms. The maximum Gasteiger partial charge on any atom is 0.337 e. The maximum absolute atomic E-state index is 12.8. The first-order valence-electron chi connectivity index (χ1n) is 8.23. The minimum absolute atomic E-state index is 0.219. The summed E-state index contributed by atoms with van der Waals surface area (Å²) in [6.07, 6.45) is -1.26. The predicted molar refractivity (Wildman–Crippen MR) is 126 cm³/mol. The number of halogens is 6. The van der Waals surface area contributed by atoms with Crippen molar-refractivity contribution in [3.05, 3.63) is 57.0 Å². The maximum atomic E-state index is 12.8. The molecular weight excluding hydrogens is 561 g/mol. The third-order valence-electron chi connectivity index (χ3n) is 4.06. The lowest BCUT2D eigenvalue weighted by atomic mass is 10.3. The highest BCUT2D eigenvalue weighted by Crippen LogP contribution is 2.37. The van der Waals surface area contributed by atoms with Gasteiger partial charge in [0, 0.05) is 16.5 Å². The number of amidine groups is 1. The smallest absolute Gasteiger partial charge is 0.337 e. The van der Waals surface area contributed by atoms with Crippen molar-refractivity contribution in [2.75, 3.05) is 17.3 Å². The molecule has 1 aliphatic heterocycles. The van der Waals surface area contributed by atoms with E-state index in [4.69, 9.17) is 58.0 Å². The number of amides is 3. The number of para-hydroxylation sites is 1. The van der Waals surface area contributed by atoms with E-state index in [1.165, 1.54) is 13.1 Å². The molecule has 0 spiro atoms. The molecule has 1 heterocycles. The Balaban J connectivity index is 2.08. The fourth-order valence-corrected chi connectivity index (χ4v) is 3.83. The van der Waals surface area contributed by atoms with Crippen molar-refractivity contribution < 1.29 is 9.59 Å². The molecule has 0 aromatic heterocycles. The summed E-state index contributed by atoms with van der Waals surface area (Å²) in [6.45, 7) is 0. The van der Waals surface area contributed by atoms with Crippen LogP contribution in [0.5, 0.6) is 0 Å². The second-order valence-electron chi connectivity index (χ2n) is 6.10. The molecule has 12 heteroatoms. The number of rotatable bonds is 4. The minimum atomic E-state index is -1.99. The Morgan fingerprint density at radius 1 is 1.10 bits per heavy atom. The number of nitrogens with one attached hydrogen (secondary N) is 1. The van der Waals surface area contributed by atoms with Crippen LogP contribution in [0.25, 0.3) is 0 Å². The van der Waals surface area contributed by atoms with Crippen LogP contribution in [0, 0.1) is 0 Å². The Bertz CT molecular complexity index is 1040. The van der Waals surface area contributed by atoms with Crippen molar-refractivity contribution in [2.45, 2.75) is 9.96 Å². The Morgan fingerprint density at radius 3 is 2.37 bits per heavy atom. The largest absolute Gasteiger partial charge is 0.359 e. The van der Waals surface area contributed by atoms with Gasteiger partial charge in [-0.25, -0.2) is 14.7 Å². The van der Waals surface area contributed by atoms with Crippen molar-refractivity contribution in [2.24, 2.45) is 4.99 Å². The van der Waals surface area contributed by atoms with Crippen LogP contribution < -0.4 is 10.2 Å². The summed E-state index contributed by atoms with van der Waals surface area (Å²) in [5.41, 5.74) is 0.783. The summed E-state index contributed by atoms with van der Waals surface area (Å²) in [5, 5.41) is 3.56. The van der Waals surface area contributed by atoms with Crippen LogP contribution in [0.1, 0.15) is 0 Å². The molecule has 0 radical (unpaired) electrons. The lowest BCUT2D eigenvalue weighted by Gasteiger charge is -2.25. The van der Waals surface area contributed by atoms with E-state index in [0.29, 0.717) is 20.9 Å². The number of nitrogens with zero attached hydrogens (tertiary/aromatic N) is 3. The molecule has 1 fully saturated rings. The molecule has 3 rings (SSSR count). The highest BCUT2D eigenvalue weighted by molar-refractivity contribution is 9.10. The molecule has 1 unspecified atom stereocenters. The number of aliphatic imine (C=N–C) groups is 1. The predicted octanol–water partition coefficient (Wildman–Crippen LogP) is 6.36. The van der Waals surface area contributed by atoms with Crippen molar-refractivity contribution in [1.29, 1.82) is 0 Å². The topological polar surface area (TPSA) is 65.0 Å². The van der Waals surface area contributed by atoms with Gasteiger partial charge in [-0.2, -0.15) is 0 Å². The van der Waals surface area contributed by atoms with E-state index in [1.54, 1.807) is 36.4 Å². The molecule has 0 bridgehead atoms. The summed E-state index contributed by atoms with van der Waals surface area (Å²) >= 11 is 33.8. The first-order chi connectivity index (χ1) is 14.0. The van der Waals surface area contributed by atoms with Gasteiger partial charge in [-0.15, -0.1) is 0 Å². The standard InChI is InChI=1S/C18H12BrCl5N4O2/c1-27-15(29)14(28(17(27)30)13-5-3-2-4-10(13)19)26-16(18(22,23)24)25-12-7-6-9(20)8-11(12)21/h2-8,16,25H,1H3. The molecule has 2 aromatic rings. The molecule has 2 aromatic carbocycles. The third kappa shape index (κ3) is 4.82. The van der Waals surface area contributed by atoms with Crippen molar-refractivity contribution in [3.8, 4) is 0 Å². The van der Waals surface area contributed by atoms with Crippen molar-refractivity contribution >= 4 is 103 Å². The second-order valence-corrected chi connectivity index (χ2v) is 10.2. The quantitative estimate of drug-likeness (QED) is 0.342. The SMILES string of the molecule is CN1C(=O)C(=NC(Nc2ccc(Cl)cc2Cl)C(Cl)(Cl)Cl)N(c2ccccc2Br)C1=O. The molecule has 1 atom stereocenters. The molecule has 3 amide bonds. The monoisotopic (exact) mass is 570 g/mol. The van der Waals surface area contributed by atoms with Crippen LogP contribution >= 0.6 is 73.9 Å². The number of carbonyl (C=O) groups is 2. The summed E-state index contributed by atoms with van der Waals surface area (Å²) in [6, 6.07) is 10.9. The summed E-state index contributed by atoms with van der Waals surface area (Å²) in [5.74, 6) is -0.873. The molecule has 158 valence electrons. The zero-order chi connectivity index (χ0) is 22.2. The lowest BCUT2D eigenvalue weighted by Crippen LogP contribution is -2.38. The molecular formula is C18H12BrCl5N4O2. The zero-order valence-electron chi connectivity index (χ0n) is 15.0. The van der Waals surface area contributed by atoms with E-state index in [0.717, 1.165) is 9.80 Å². The van der Waals surface area contributed by atoms with Crippen molar-refractivity contribution in [1.82, 2.24) is 4.90 Å². The number of hydrogen-bond donors (Lipinski definition) is 1. The van der Waals surface area contributed by atoms with Gasteiger partial charge in [0.1, 0.15) is 0 Å². The van der Waals surface area contributed by atoms with Gasteiger partial charge in [0.15, 0.2) is 6.17 Å². The average molecular weight is 573 g/mol. The summed E-state index contributed by atoms with van der Waals surface area (Å²) < 4.78 is -1.41. The van der Waals surface area contributed by atoms with E-state index in [2.05, 4.69) is 26.2 Å². The molecule has 1 saturated heterocycles. The molecule has 0 saturated carbocycles. The Kier molecular flexibility index (Phi) is 7.11. The number of hydrogen-bond acceptors (Lipinski definition) is 4. The van der Waals surface area contributed by atoms with E-state index >= 15 is 0 Å². The third-order valence-corrected chi connectivity index (χ3v) is 5.90. The van der Waals surface area contributed by atoms with Gasteiger partial charge in [0.2, 0.25) is 9.63 Å². The van der Waals surface area contributed by atoms with Gasteiger partial charge >= 0.3 is 6.03 Å². The van der Waals surface area contributed by atoms with Crippen molar-refractivity contribution in [3.63, 3.8) is 0 Å². The van der Waals surface area contributed by atoms with Crippen LogP contribution in [0.4, 0.5) is 16.2 Å². The Hall–Kier alpha value is -1.22. The number of imide groups is 1. The molecule has 1 aliphatic rings. The molecule has 0 aliphatic carbocycles. The lowest BCUT2D eigenvalue weighted by molar-refractivity contribution is -0.119. The Labute approximate surface area is 205 Å². The number of urea groups is 1. The van der Waals surface area contributed by atoms with Gasteiger partial charge < -0.3 is 5.32 Å². The van der Waals surface area contributed by atoms with Gasteiger partial charge in [-0.1, -0.05) is 70.1 Å². The van der Waals surface area contributed by atoms with Gasteiger partial charge in [0.05, 0.1) is 16.4 Å². The highest BCUT2D eigenvalue weighted by atomic mass is 79.9. The first-order valence-corrected chi connectivity index (χ1v) is 10.9. The minimum Gasteiger partial charge on any atom is -0.359 e. The fourth-order valence-electron chi connectivity index (χ4n) is 2.60. The van der Waals surface area contributed by atoms with Gasteiger partial charge in [-0.3, -0.25) is 9.69 Å². The van der Waals surface area contributed by atoms with E-state index in [1.807, 2.05) is 0 Å². The number of benzene rings is 2. The number of carbonyl (C=O) groups excluding carboxylic acids is 2. The highest BCUT2D eigenvalue weighted by Gasteiger charge is 2.44. The summed E-state index contributed by atoms with van der Waals surface area (Å²) in [7, 11) is 1.34. The number of likely N-dealkylation sites (N-methyl/N-ethyl adjacent to an activating group) is 1. The number of anilines is 2.